The largest absolute Gasteiger partial charge is 0.299 e. The van der Waals surface area contributed by atoms with Crippen LogP contribution in [0.3, 0.4) is 0 Å². The minimum Gasteiger partial charge on any atom is -0.299 e. The minimum absolute atomic E-state index is 0.215. The molecule has 14 heavy (non-hydrogen) atoms. The van der Waals surface area contributed by atoms with Crippen molar-refractivity contribution in [2.24, 2.45) is 11.8 Å². The van der Waals surface area contributed by atoms with Gasteiger partial charge in [0.2, 0.25) is 0 Å². The number of ketones is 1. The Morgan fingerprint density at radius 2 is 1.50 bits per heavy atom. The molecular weight excluding hydrogens is 172 g/mol. The van der Waals surface area contributed by atoms with Gasteiger partial charge in [-0.25, -0.2) is 0 Å². The van der Waals surface area contributed by atoms with E-state index in [9.17, 15) is 4.79 Å². The normalized spacial score (nSPS) is 31.4. The molecule has 0 spiro atoms. The summed E-state index contributed by atoms with van der Waals surface area (Å²) < 4.78 is 0. The van der Waals surface area contributed by atoms with E-state index in [4.69, 9.17) is 0 Å². The first kappa shape index (κ1) is 9.45. The van der Waals surface area contributed by atoms with Crippen LogP contribution in [0.1, 0.15) is 30.9 Å². The van der Waals surface area contributed by atoms with Gasteiger partial charge in [-0.1, -0.05) is 43.7 Å². The second-order valence-electron chi connectivity index (χ2n) is 4.42. The zero-order valence-corrected chi connectivity index (χ0v) is 8.95. The average molecular weight is 188 g/mol. The van der Waals surface area contributed by atoms with E-state index in [0.717, 1.165) is 0 Å². The number of hydrogen-bond acceptors (Lipinski definition) is 1. The van der Waals surface area contributed by atoms with Crippen LogP contribution < -0.4 is 0 Å². The third kappa shape index (κ3) is 1.28. The predicted octanol–water partition coefficient (Wildman–Crippen LogP) is 2.93. The lowest BCUT2D eigenvalue weighted by molar-refractivity contribution is -0.136. The van der Waals surface area contributed by atoms with Crippen LogP contribution in [0.15, 0.2) is 24.3 Å². The molecule has 1 fully saturated rings. The van der Waals surface area contributed by atoms with Gasteiger partial charge in [0.25, 0.3) is 0 Å². The molecule has 0 saturated heterocycles. The van der Waals surface area contributed by atoms with Crippen molar-refractivity contribution in [2.45, 2.75) is 26.7 Å². The topological polar surface area (TPSA) is 17.1 Å². The molecule has 1 aromatic carbocycles. The van der Waals surface area contributed by atoms with Crippen molar-refractivity contribution in [3.8, 4) is 0 Å². The summed E-state index contributed by atoms with van der Waals surface area (Å²) in [4.78, 5) is 11.4. The van der Waals surface area contributed by atoms with Crippen molar-refractivity contribution >= 4 is 5.78 Å². The van der Waals surface area contributed by atoms with E-state index in [1.54, 1.807) is 0 Å². The van der Waals surface area contributed by atoms with Crippen molar-refractivity contribution in [1.29, 1.82) is 0 Å². The molecule has 0 bridgehead atoms. The van der Waals surface area contributed by atoms with E-state index in [1.807, 2.05) is 13.8 Å². The van der Waals surface area contributed by atoms with E-state index < -0.39 is 0 Å². The van der Waals surface area contributed by atoms with Crippen molar-refractivity contribution in [3.05, 3.63) is 35.4 Å². The maximum absolute atomic E-state index is 11.4. The average Bonchev–Trinajstić information content (AvgIpc) is 2.21. The highest BCUT2D eigenvalue weighted by Crippen LogP contribution is 2.43. The van der Waals surface area contributed by atoms with E-state index >= 15 is 0 Å². The molecule has 1 heteroatoms. The number of hydrogen-bond donors (Lipinski definition) is 0. The van der Waals surface area contributed by atoms with Crippen LogP contribution in [0.2, 0.25) is 0 Å². The lowest BCUT2D eigenvalue weighted by atomic mass is 9.62. The van der Waals surface area contributed by atoms with Gasteiger partial charge in [-0.15, -0.1) is 0 Å². The van der Waals surface area contributed by atoms with Crippen molar-refractivity contribution in [1.82, 2.24) is 0 Å². The summed E-state index contributed by atoms with van der Waals surface area (Å²) in [5.41, 5.74) is 2.59. The lowest BCUT2D eigenvalue weighted by Gasteiger charge is -2.39. The van der Waals surface area contributed by atoms with Crippen LogP contribution in [-0.2, 0) is 4.79 Å². The lowest BCUT2D eigenvalue weighted by Crippen LogP contribution is -2.42. The molecule has 2 atom stereocenters. The minimum atomic E-state index is 0.215. The zero-order valence-electron chi connectivity index (χ0n) is 8.95. The Labute approximate surface area is 85.1 Å². The Kier molecular flexibility index (Phi) is 2.18. The zero-order chi connectivity index (χ0) is 10.3. The second kappa shape index (κ2) is 3.23. The van der Waals surface area contributed by atoms with Gasteiger partial charge in [-0.05, 0) is 12.5 Å². The highest BCUT2D eigenvalue weighted by atomic mass is 16.1. The fraction of sp³-hybridized carbons (Fsp3) is 0.462. The summed E-state index contributed by atoms with van der Waals surface area (Å²) in [6.45, 7) is 6.16. The quantitative estimate of drug-likeness (QED) is 0.662. The smallest absolute Gasteiger partial charge is 0.139 e. The van der Waals surface area contributed by atoms with Crippen LogP contribution in [-0.4, -0.2) is 5.78 Å². The SMILES string of the molecule is Cc1ccc(C2C(C)C(=O)C2C)cc1. The molecule has 1 aromatic rings. The maximum Gasteiger partial charge on any atom is 0.139 e. The summed E-state index contributed by atoms with van der Waals surface area (Å²) >= 11 is 0. The number of carbonyl (C=O) groups is 1. The Morgan fingerprint density at radius 3 is 2.00 bits per heavy atom. The van der Waals surface area contributed by atoms with Gasteiger partial charge >= 0.3 is 0 Å². The second-order valence-corrected chi connectivity index (χ2v) is 4.42. The Balaban J connectivity index is 2.24. The molecule has 1 aliphatic rings. The molecule has 0 amide bonds. The summed E-state index contributed by atoms with van der Waals surface area (Å²) in [6, 6.07) is 8.55. The third-order valence-electron chi connectivity index (χ3n) is 3.44. The molecular formula is C13H16O. The predicted molar refractivity (Wildman–Crippen MR) is 57.3 cm³/mol. The van der Waals surface area contributed by atoms with Crippen molar-refractivity contribution in [3.63, 3.8) is 0 Å². The Morgan fingerprint density at radius 1 is 1.00 bits per heavy atom. The molecule has 0 aliphatic heterocycles. The number of aryl methyl sites for hydroxylation is 1. The van der Waals surface area contributed by atoms with Gasteiger partial charge in [-0.2, -0.15) is 0 Å². The number of rotatable bonds is 1. The first-order chi connectivity index (χ1) is 6.61. The first-order valence-corrected chi connectivity index (χ1v) is 5.21. The molecule has 2 unspecified atom stereocenters. The van der Waals surface area contributed by atoms with Gasteiger partial charge in [0, 0.05) is 17.8 Å². The molecule has 2 rings (SSSR count). The first-order valence-electron chi connectivity index (χ1n) is 5.21. The molecule has 74 valence electrons. The van der Waals surface area contributed by atoms with E-state index in [0.29, 0.717) is 11.7 Å². The van der Waals surface area contributed by atoms with Gasteiger partial charge in [0.15, 0.2) is 0 Å². The maximum atomic E-state index is 11.4. The number of Topliss-reactive ketones (excluding diaryl/α,β-unsaturated/α-hetero) is 1. The van der Waals surface area contributed by atoms with E-state index in [-0.39, 0.29) is 11.8 Å². The Bertz CT molecular complexity index is 338. The van der Waals surface area contributed by atoms with Gasteiger partial charge in [0.1, 0.15) is 5.78 Å². The van der Waals surface area contributed by atoms with Crippen LogP contribution in [0.5, 0.6) is 0 Å². The third-order valence-corrected chi connectivity index (χ3v) is 3.44. The monoisotopic (exact) mass is 188 g/mol. The summed E-state index contributed by atoms with van der Waals surface area (Å²) in [5, 5.41) is 0. The van der Waals surface area contributed by atoms with Crippen LogP contribution in [0.25, 0.3) is 0 Å². The molecule has 0 aromatic heterocycles. The van der Waals surface area contributed by atoms with Crippen molar-refractivity contribution < 1.29 is 4.79 Å². The molecule has 1 saturated carbocycles. The van der Waals surface area contributed by atoms with E-state index in [2.05, 4.69) is 31.2 Å². The summed E-state index contributed by atoms with van der Waals surface area (Å²) in [7, 11) is 0. The van der Waals surface area contributed by atoms with Gasteiger partial charge in [-0.3, -0.25) is 4.79 Å². The number of carbonyl (C=O) groups excluding carboxylic acids is 1. The van der Waals surface area contributed by atoms with Gasteiger partial charge < -0.3 is 0 Å². The molecule has 1 nitrogen and oxygen atoms in total. The highest BCUT2D eigenvalue weighted by molar-refractivity contribution is 5.91. The Hall–Kier alpha value is -1.11. The van der Waals surface area contributed by atoms with Gasteiger partial charge in [0.05, 0.1) is 0 Å². The summed E-state index contributed by atoms with van der Waals surface area (Å²) in [6.07, 6.45) is 0. The fourth-order valence-electron chi connectivity index (χ4n) is 2.45. The molecule has 0 radical (unpaired) electrons. The summed E-state index contributed by atoms with van der Waals surface area (Å²) in [5.74, 6) is 1.29. The molecule has 0 N–H and O–H groups in total. The van der Waals surface area contributed by atoms with E-state index in [1.165, 1.54) is 11.1 Å². The molecule has 1 aliphatic carbocycles. The molecule has 0 heterocycles. The fourth-order valence-corrected chi connectivity index (χ4v) is 2.45. The van der Waals surface area contributed by atoms with Crippen LogP contribution in [0, 0.1) is 18.8 Å². The standard InChI is InChI=1S/C13H16O/c1-8-4-6-11(7-5-8)12-9(2)13(14)10(12)3/h4-7,9-10,12H,1-3H3. The number of benzene rings is 1. The highest BCUT2D eigenvalue weighted by Gasteiger charge is 2.44. The van der Waals surface area contributed by atoms with Crippen LogP contribution >= 0.6 is 0 Å². The van der Waals surface area contributed by atoms with Crippen molar-refractivity contribution in [2.75, 3.05) is 0 Å². The van der Waals surface area contributed by atoms with Crippen LogP contribution in [0.4, 0.5) is 0 Å².